The highest BCUT2D eigenvalue weighted by molar-refractivity contribution is 6.33. The maximum absolute atomic E-state index is 6.14. The van der Waals surface area contributed by atoms with Crippen LogP contribution < -0.4 is 22.7 Å². The maximum Gasteiger partial charge on any atom is 0.0640 e. The maximum atomic E-state index is 6.14. The highest BCUT2D eigenvalue weighted by Gasteiger charge is 2.01. The number of nitrogens with one attached hydrogen (secondary N) is 1. The minimum absolute atomic E-state index is 0.708. The van der Waals surface area contributed by atoms with Gasteiger partial charge in [-0.1, -0.05) is 48.0 Å². The zero-order valence-electron chi connectivity index (χ0n) is 12.5. The van der Waals surface area contributed by atoms with Gasteiger partial charge in [-0.2, -0.15) is 0 Å². The lowest BCUT2D eigenvalue weighted by Gasteiger charge is -2.09. The van der Waals surface area contributed by atoms with Gasteiger partial charge in [0, 0.05) is 11.4 Å². The number of hydrazine groups is 1. The predicted octanol–water partition coefficient (Wildman–Crippen LogP) is 4.15. The topological polar surface area (TPSA) is 90.1 Å². The van der Waals surface area contributed by atoms with E-state index in [1.807, 2.05) is 60.7 Å². The van der Waals surface area contributed by atoms with Crippen LogP contribution in [0.2, 0.25) is 5.02 Å². The Morgan fingerprint density at radius 3 is 1.78 bits per heavy atom. The number of nitrogen functional groups attached to an aromatic ring is 1. The second kappa shape index (κ2) is 8.19. The van der Waals surface area contributed by atoms with Crippen LogP contribution in [-0.2, 0) is 0 Å². The highest BCUT2D eigenvalue weighted by Crippen LogP contribution is 2.27. The van der Waals surface area contributed by atoms with Crippen LogP contribution >= 0.6 is 11.6 Å². The third-order valence-corrected chi connectivity index (χ3v) is 3.61. The molecular weight excluding hydrogens is 308 g/mol. The molecule has 3 aromatic carbocycles. The molecule has 0 aromatic heterocycles. The van der Waals surface area contributed by atoms with Crippen molar-refractivity contribution in [3.05, 3.63) is 77.8 Å². The quantitative estimate of drug-likeness (QED) is 0.330. The van der Waals surface area contributed by atoms with Gasteiger partial charge in [-0.3, -0.25) is 11.7 Å². The first-order valence-corrected chi connectivity index (χ1v) is 7.41. The van der Waals surface area contributed by atoms with E-state index in [9.17, 15) is 0 Å². The molecule has 3 rings (SSSR count). The molecule has 0 atom stereocenters. The van der Waals surface area contributed by atoms with Crippen molar-refractivity contribution in [1.29, 1.82) is 0 Å². The number of halogens is 1. The summed E-state index contributed by atoms with van der Waals surface area (Å²) in [4.78, 5) is 0. The number of benzene rings is 3. The van der Waals surface area contributed by atoms with Gasteiger partial charge < -0.3 is 11.1 Å². The summed E-state index contributed by atoms with van der Waals surface area (Å²) in [7, 11) is 0. The largest absolute Gasteiger partial charge is 0.399 e. The Hall–Kier alpha value is -2.53. The molecule has 7 N–H and O–H groups in total. The first-order chi connectivity index (χ1) is 11.2. The molecule has 0 spiro atoms. The van der Waals surface area contributed by atoms with Crippen LogP contribution in [0.4, 0.5) is 17.1 Å². The average Bonchev–Trinajstić information content (AvgIpc) is 2.60. The van der Waals surface area contributed by atoms with Crippen molar-refractivity contribution in [2.45, 2.75) is 0 Å². The molecule has 0 unspecified atom stereocenters. The summed E-state index contributed by atoms with van der Waals surface area (Å²) < 4.78 is 0. The summed E-state index contributed by atoms with van der Waals surface area (Å²) in [6.45, 7) is 0. The fourth-order valence-corrected chi connectivity index (χ4v) is 2.32. The second-order valence-electron chi connectivity index (χ2n) is 4.80. The Kier molecular flexibility index (Phi) is 6.00. The van der Waals surface area contributed by atoms with E-state index in [4.69, 9.17) is 17.3 Å². The molecule has 4 nitrogen and oxygen atoms in total. The Bertz CT molecular complexity index is 740. The zero-order chi connectivity index (χ0) is 16.7. The summed E-state index contributed by atoms with van der Waals surface area (Å²) in [6, 6.07) is 23.8. The molecule has 0 fully saturated rings. The molecule has 0 saturated carbocycles. The van der Waals surface area contributed by atoms with Gasteiger partial charge in [0.15, 0.2) is 0 Å². The van der Waals surface area contributed by atoms with E-state index < -0.39 is 0 Å². The molecule has 0 radical (unpaired) electrons. The normalized spacial score (nSPS) is 9.70. The van der Waals surface area contributed by atoms with Crippen molar-refractivity contribution in [3.63, 3.8) is 0 Å². The number of hydrogen-bond acceptors (Lipinski definition) is 4. The molecule has 0 aliphatic heterocycles. The highest BCUT2D eigenvalue weighted by atomic mass is 35.5. The molecule has 23 heavy (non-hydrogen) atoms. The molecule has 118 valence electrons. The van der Waals surface area contributed by atoms with Crippen molar-refractivity contribution in [3.8, 4) is 11.1 Å². The van der Waals surface area contributed by atoms with Crippen LogP contribution in [0.25, 0.3) is 11.1 Å². The molecule has 0 amide bonds. The van der Waals surface area contributed by atoms with E-state index in [0.29, 0.717) is 5.02 Å². The summed E-state index contributed by atoms with van der Waals surface area (Å²) in [6.07, 6.45) is 0. The third kappa shape index (κ3) is 4.47. The number of para-hydroxylation sites is 1. The fourth-order valence-electron chi connectivity index (χ4n) is 2.14. The van der Waals surface area contributed by atoms with Gasteiger partial charge in [0.25, 0.3) is 0 Å². The van der Waals surface area contributed by atoms with Crippen LogP contribution in [0, 0.1) is 0 Å². The van der Waals surface area contributed by atoms with Gasteiger partial charge in [0.1, 0.15) is 0 Å². The molecule has 0 heterocycles. The molecule has 5 heteroatoms. The van der Waals surface area contributed by atoms with Gasteiger partial charge in [0.2, 0.25) is 0 Å². The van der Waals surface area contributed by atoms with Gasteiger partial charge >= 0.3 is 0 Å². The van der Waals surface area contributed by atoms with Crippen molar-refractivity contribution in [2.24, 2.45) is 11.7 Å². The molecule has 0 aliphatic rings. The SMILES string of the molecule is NN.Nc1ccc(-c2ccc(Nc3ccccc3Cl)cc2)cc1. The smallest absolute Gasteiger partial charge is 0.0640 e. The predicted molar refractivity (Wildman–Crippen MR) is 99.4 cm³/mol. The van der Waals surface area contributed by atoms with E-state index in [2.05, 4.69) is 29.1 Å². The lowest BCUT2D eigenvalue weighted by atomic mass is 10.1. The van der Waals surface area contributed by atoms with Crippen molar-refractivity contribution in [2.75, 3.05) is 11.1 Å². The van der Waals surface area contributed by atoms with E-state index in [0.717, 1.165) is 28.2 Å². The molecule has 0 bridgehead atoms. The monoisotopic (exact) mass is 326 g/mol. The minimum atomic E-state index is 0.708. The summed E-state index contributed by atoms with van der Waals surface area (Å²) in [5.41, 5.74) is 10.7. The van der Waals surface area contributed by atoms with Crippen LogP contribution in [0.3, 0.4) is 0 Å². The lowest BCUT2D eigenvalue weighted by Crippen LogP contribution is -2.02. The number of rotatable bonds is 3. The standard InChI is InChI=1S/C18H15ClN2.H4N2/c19-17-3-1-2-4-18(17)21-16-11-7-14(8-12-16)13-5-9-15(20)10-6-13;1-2/h1-12,21H,20H2;1-2H2. The average molecular weight is 327 g/mol. The summed E-state index contributed by atoms with van der Waals surface area (Å²) >= 11 is 6.14. The number of hydrogen-bond donors (Lipinski definition) is 4. The molecular formula is C18H19ClN4. The van der Waals surface area contributed by atoms with Crippen molar-refractivity contribution < 1.29 is 0 Å². The third-order valence-electron chi connectivity index (χ3n) is 3.28. The lowest BCUT2D eigenvalue weighted by molar-refractivity contribution is 1.26. The van der Waals surface area contributed by atoms with Crippen LogP contribution in [0.5, 0.6) is 0 Å². The van der Waals surface area contributed by atoms with E-state index in [1.165, 1.54) is 0 Å². The Morgan fingerprint density at radius 2 is 1.22 bits per heavy atom. The van der Waals surface area contributed by atoms with Crippen molar-refractivity contribution >= 4 is 28.7 Å². The number of nitrogens with two attached hydrogens (primary N) is 3. The van der Waals surface area contributed by atoms with E-state index >= 15 is 0 Å². The first kappa shape index (κ1) is 16.8. The Morgan fingerprint density at radius 1 is 0.696 bits per heavy atom. The van der Waals surface area contributed by atoms with Gasteiger partial charge in [0.05, 0.1) is 10.7 Å². The first-order valence-electron chi connectivity index (χ1n) is 7.03. The van der Waals surface area contributed by atoms with E-state index in [-0.39, 0.29) is 0 Å². The number of anilines is 3. The summed E-state index contributed by atoms with van der Waals surface area (Å²) in [5, 5.41) is 4.02. The molecule has 3 aromatic rings. The second-order valence-corrected chi connectivity index (χ2v) is 5.21. The molecule has 0 aliphatic carbocycles. The zero-order valence-corrected chi connectivity index (χ0v) is 13.3. The van der Waals surface area contributed by atoms with Gasteiger partial charge in [-0.25, -0.2) is 0 Å². The van der Waals surface area contributed by atoms with Crippen molar-refractivity contribution in [1.82, 2.24) is 0 Å². The minimum Gasteiger partial charge on any atom is -0.399 e. The van der Waals surface area contributed by atoms with Crippen LogP contribution in [0.1, 0.15) is 0 Å². The Balaban J connectivity index is 0.000000924. The van der Waals surface area contributed by atoms with Crippen LogP contribution in [-0.4, -0.2) is 0 Å². The van der Waals surface area contributed by atoms with Gasteiger partial charge in [-0.05, 0) is 47.5 Å². The molecule has 0 saturated heterocycles. The Labute approximate surface area is 140 Å². The van der Waals surface area contributed by atoms with E-state index in [1.54, 1.807) is 0 Å². The fraction of sp³-hybridized carbons (Fsp3) is 0. The van der Waals surface area contributed by atoms with Crippen LogP contribution in [0.15, 0.2) is 72.8 Å². The van der Waals surface area contributed by atoms with Gasteiger partial charge in [-0.15, -0.1) is 0 Å². The summed E-state index contributed by atoms with van der Waals surface area (Å²) in [5.74, 6) is 8.00.